The van der Waals surface area contributed by atoms with Gasteiger partial charge in [0, 0.05) is 38.9 Å². The Balaban J connectivity index is 0.000000277. The molecule has 0 unspecified atom stereocenters. The summed E-state index contributed by atoms with van der Waals surface area (Å²) in [4.78, 5) is 111. The van der Waals surface area contributed by atoms with Crippen LogP contribution in [-0.2, 0) is 18.5 Å². The summed E-state index contributed by atoms with van der Waals surface area (Å²) in [5.41, 5.74) is 15.2. The van der Waals surface area contributed by atoms with Gasteiger partial charge in [-0.2, -0.15) is 0 Å². The zero-order valence-corrected chi connectivity index (χ0v) is 51.9. The van der Waals surface area contributed by atoms with Gasteiger partial charge in [0.05, 0.1) is 15.9 Å². The van der Waals surface area contributed by atoms with E-state index in [9.17, 15) is 32.9 Å². The van der Waals surface area contributed by atoms with Crippen molar-refractivity contribution in [1.29, 1.82) is 0 Å². The van der Waals surface area contributed by atoms with E-state index in [1.807, 2.05) is 187 Å². The molecule has 0 heterocycles. The molecule has 17 heteroatoms. The van der Waals surface area contributed by atoms with Crippen molar-refractivity contribution >= 4 is 68.6 Å². The topological polar surface area (TPSA) is 258 Å². The number of aryl methyl sites for hydroxylation is 10. The molecule has 6 N–H and O–H groups in total. The van der Waals surface area contributed by atoms with Crippen LogP contribution < -0.4 is 15.9 Å². The molecule has 0 atom stereocenters. The van der Waals surface area contributed by atoms with Crippen LogP contribution in [0.3, 0.4) is 0 Å². The van der Waals surface area contributed by atoms with Crippen molar-refractivity contribution in [3.8, 4) is 0 Å². The standard InChI is InChI=1S/C16H16O.2C15H15O4P.C13H16O.C7H9O3P.CH2O/c1-11-5-8-14(9-6-11)16(17)15-10-12(2)4-7-13(15)3;1-10-3-4-11(2)14(9-10)15(16)12-5-7-13(8-6-12)20(17,18)19;1-10-6-7-11(2)14(8-10)15(16)12-4-3-5-13(9-12)20(17,18)19;1-5-10(3)13(14)12-8-9(2)6-7-11(12)4;1-6-2-4-7(5-3-6)11(8,9)10;1-2/h4-10H,1-3H3;2*3-9H,1-2H3,(H2,17,18,19);5-8H,1-4H3;2-5H,1H3,(H2,8,9,10);1H2/b;;;10-5+;;. The van der Waals surface area contributed by atoms with Crippen LogP contribution in [-0.4, -0.2) is 59.3 Å². The first-order valence-corrected chi connectivity index (χ1v) is 31.0. The van der Waals surface area contributed by atoms with Crippen LogP contribution in [0.5, 0.6) is 0 Å². The molecule has 8 rings (SSSR count). The van der Waals surface area contributed by atoms with E-state index in [0.717, 1.165) is 72.3 Å². The fourth-order valence-electron chi connectivity index (χ4n) is 7.81. The van der Waals surface area contributed by atoms with Crippen molar-refractivity contribution in [3.63, 3.8) is 0 Å². The van der Waals surface area contributed by atoms with Gasteiger partial charge in [0.15, 0.2) is 23.1 Å². The van der Waals surface area contributed by atoms with Gasteiger partial charge in [-0.3, -0.25) is 32.9 Å². The monoisotopic (exact) mass is 1190 g/mol. The molecular weight excluding hydrogens is 1120 g/mol. The first-order chi connectivity index (χ1) is 39.2. The third kappa shape index (κ3) is 21.5. The molecule has 0 spiro atoms. The maximum absolute atomic E-state index is 12.4. The molecule has 8 aromatic carbocycles. The second-order valence-electron chi connectivity index (χ2n) is 20.0. The first kappa shape index (κ1) is 70.6. The minimum atomic E-state index is -4.35. The van der Waals surface area contributed by atoms with Crippen molar-refractivity contribution in [2.75, 3.05) is 0 Å². The summed E-state index contributed by atoms with van der Waals surface area (Å²) in [5.74, 6) is -0.148. The second-order valence-corrected chi connectivity index (χ2v) is 24.8. The SMILES string of the molecule is C/C=C(\C)C(=O)c1cc(C)ccc1C.C=O.Cc1ccc(C(=O)c2cc(C)ccc2C)cc1.Cc1ccc(C)c(C(=O)c2ccc(P(=O)(O)O)cc2)c1.Cc1ccc(C)c(C(=O)c2cccc(P(=O)(O)O)c2)c1.Cc1ccc(P(=O)(O)O)cc1. The Kier molecular flexibility index (Phi) is 26.7. The van der Waals surface area contributed by atoms with Crippen LogP contribution in [0.4, 0.5) is 0 Å². The molecule has 0 aliphatic heterocycles. The Morgan fingerprint density at radius 3 is 0.952 bits per heavy atom. The Morgan fingerprint density at radius 1 is 0.345 bits per heavy atom. The van der Waals surface area contributed by atoms with Crippen molar-refractivity contribution in [2.45, 2.75) is 83.1 Å². The highest BCUT2D eigenvalue weighted by Crippen LogP contribution is 2.35. The molecule has 0 saturated heterocycles. The quantitative estimate of drug-likeness (QED) is 0.0400. The summed E-state index contributed by atoms with van der Waals surface area (Å²) >= 11 is 0. The van der Waals surface area contributed by atoms with Crippen molar-refractivity contribution in [2.24, 2.45) is 0 Å². The van der Waals surface area contributed by atoms with Gasteiger partial charge in [-0.25, -0.2) is 0 Å². The number of Topliss-reactive ketones (excluding diaryl/α,β-unsaturated/α-hetero) is 1. The Hall–Kier alpha value is -7.70. The Labute approximate surface area is 492 Å². The highest BCUT2D eigenvalue weighted by atomic mass is 31.2. The predicted octanol–water partition coefficient (Wildman–Crippen LogP) is 12.6. The van der Waals surface area contributed by atoms with Gasteiger partial charge in [-0.1, -0.05) is 149 Å². The summed E-state index contributed by atoms with van der Waals surface area (Å²) in [5, 5.41) is -0.160. The van der Waals surface area contributed by atoms with Crippen LogP contribution in [0.25, 0.3) is 0 Å². The lowest BCUT2D eigenvalue weighted by Crippen LogP contribution is -2.10. The normalized spacial score (nSPS) is 11.0. The van der Waals surface area contributed by atoms with E-state index in [1.54, 1.807) is 24.3 Å². The fourth-order valence-corrected chi connectivity index (χ4v) is 9.47. The van der Waals surface area contributed by atoms with E-state index in [4.69, 9.17) is 34.2 Å². The Bertz CT molecular complexity index is 3790. The van der Waals surface area contributed by atoms with Crippen molar-refractivity contribution in [3.05, 3.63) is 276 Å². The fraction of sp³-hybridized carbons (Fsp3) is 0.179. The lowest BCUT2D eigenvalue weighted by molar-refractivity contribution is -0.0980. The second kappa shape index (κ2) is 31.8. The molecule has 0 aliphatic carbocycles. The van der Waals surface area contributed by atoms with E-state index >= 15 is 0 Å². The van der Waals surface area contributed by atoms with E-state index in [0.29, 0.717) is 16.7 Å². The molecule has 0 bridgehead atoms. The third-order valence-corrected chi connectivity index (χ3v) is 15.8. The molecule has 0 saturated carbocycles. The van der Waals surface area contributed by atoms with Crippen LogP contribution in [0.2, 0.25) is 0 Å². The van der Waals surface area contributed by atoms with Gasteiger partial charge >= 0.3 is 22.8 Å². The van der Waals surface area contributed by atoms with Crippen LogP contribution in [0.1, 0.15) is 128 Å². The van der Waals surface area contributed by atoms with Gasteiger partial charge < -0.3 is 34.2 Å². The summed E-state index contributed by atoms with van der Waals surface area (Å²) in [7, 11) is -12.7. The van der Waals surface area contributed by atoms with Gasteiger partial charge in [0.2, 0.25) is 0 Å². The molecule has 0 radical (unpaired) electrons. The smallest absolute Gasteiger partial charge is 0.321 e. The zero-order chi connectivity index (χ0) is 63.4. The van der Waals surface area contributed by atoms with E-state index in [2.05, 4.69) is 0 Å². The van der Waals surface area contributed by atoms with Crippen molar-refractivity contribution < 1.29 is 67.0 Å². The molecule has 14 nitrogen and oxygen atoms in total. The molecule has 84 heavy (non-hydrogen) atoms. The lowest BCUT2D eigenvalue weighted by Gasteiger charge is -2.09. The molecular formula is C67H73O14P3. The number of allylic oxidation sites excluding steroid dienone is 2. The Morgan fingerprint density at radius 2 is 0.619 bits per heavy atom. The molecule has 0 amide bonds. The van der Waals surface area contributed by atoms with Crippen LogP contribution in [0.15, 0.2) is 182 Å². The number of rotatable bonds is 11. The molecule has 0 aromatic heterocycles. The van der Waals surface area contributed by atoms with E-state index in [1.165, 1.54) is 60.2 Å². The van der Waals surface area contributed by atoms with Crippen LogP contribution in [0, 0.1) is 69.2 Å². The molecule has 8 aromatic rings. The number of benzene rings is 8. The minimum absolute atomic E-state index is 0.0723. The zero-order valence-electron chi connectivity index (χ0n) is 49.2. The molecule has 0 aliphatic rings. The average molecular weight is 1200 g/mol. The predicted molar refractivity (Wildman–Crippen MR) is 335 cm³/mol. The maximum Gasteiger partial charge on any atom is 0.356 e. The average Bonchev–Trinajstić information content (AvgIpc) is 3.58. The number of carbonyl (C=O) groups excluding carboxylic acids is 5. The summed E-state index contributed by atoms with van der Waals surface area (Å²) in [6.07, 6.45) is 1.85. The summed E-state index contributed by atoms with van der Waals surface area (Å²) < 4.78 is 33.0. The minimum Gasteiger partial charge on any atom is -0.321 e. The van der Waals surface area contributed by atoms with E-state index in [-0.39, 0.29) is 44.6 Å². The van der Waals surface area contributed by atoms with Crippen molar-refractivity contribution in [1.82, 2.24) is 0 Å². The van der Waals surface area contributed by atoms with Crippen LogP contribution >= 0.6 is 22.8 Å². The third-order valence-electron chi connectivity index (χ3n) is 12.9. The van der Waals surface area contributed by atoms with Gasteiger partial charge in [-0.05, 0) is 172 Å². The highest BCUT2D eigenvalue weighted by molar-refractivity contribution is 7.60. The number of hydrogen-bond acceptors (Lipinski definition) is 8. The number of hydrogen-bond donors (Lipinski definition) is 6. The summed E-state index contributed by atoms with van der Waals surface area (Å²) in [6.45, 7) is 25.1. The van der Waals surface area contributed by atoms with Gasteiger partial charge in [0.1, 0.15) is 6.79 Å². The first-order valence-electron chi connectivity index (χ1n) is 26.1. The number of ketones is 4. The number of carbonyl (C=O) groups is 5. The molecule has 0 fully saturated rings. The van der Waals surface area contributed by atoms with Gasteiger partial charge in [-0.15, -0.1) is 0 Å². The van der Waals surface area contributed by atoms with Gasteiger partial charge in [0.25, 0.3) is 0 Å². The largest absolute Gasteiger partial charge is 0.356 e. The lowest BCUT2D eigenvalue weighted by atomic mass is 9.97. The maximum atomic E-state index is 12.4. The summed E-state index contributed by atoms with van der Waals surface area (Å²) in [6, 6.07) is 48.2. The van der Waals surface area contributed by atoms with E-state index < -0.39 is 22.8 Å². The highest BCUT2D eigenvalue weighted by Gasteiger charge is 2.21. The molecule has 440 valence electrons.